The van der Waals surface area contributed by atoms with Crippen LogP contribution in [0.1, 0.15) is 30.0 Å². The highest BCUT2D eigenvalue weighted by molar-refractivity contribution is 5.81. The van der Waals surface area contributed by atoms with Crippen molar-refractivity contribution in [2.24, 2.45) is 0 Å². The number of nitrogens with one attached hydrogen (secondary N) is 1. The fourth-order valence-corrected chi connectivity index (χ4v) is 2.98. The van der Waals surface area contributed by atoms with Gasteiger partial charge in [0.1, 0.15) is 0 Å². The van der Waals surface area contributed by atoms with Gasteiger partial charge in [-0.05, 0) is 43.0 Å². The zero-order chi connectivity index (χ0) is 14.1. The van der Waals surface area contributed by atoms with E-state index in [0.29, 0.717) is 0 Å². The molecular formula is C17H19N3. The molecule has 0 aliphatic carbocycles. The van der Waals surface area contributed by atoms with Crippen molar-refractivity contribution in [2.45, 2.75) is 19.8 Å². The molecule has 1 N–H and O–H groups in total. The summed E-state index contributed by atoms with van der Waals surface area (Å²) in [6.07, 6.45) is 6.47. The van der Waals surface area contributed by atoms with Crippen LogP contribution in [-0.4, -0.2) is 20.1 Å². The van der Waals surface area contributed by atoms with Gasteiger partial charge in [0.25, 0.3) is 0 Å². The summed E-state index contributed by atoms with van der Waals surface area (Å²) in [6, 6.07) is 6.60. The molecule has 0 aromatic heterocycles. The van der Waals surface area contributed by atoms with E-state index in [2.05, 4.69) is 42.4 Å². The molecule has 102 valence electrons. The van der Waals surface area contributed by atoms with E-state index in [1.165, 1.54) is 23.2 Å². The average molecular weight is 265 g/mol. The molecule has 2 heterocycles. The molecule has 1 aromatic carbocycles. The van der Waals surface area contributed by atoms with Crippen molar-refractivity contribution >= 4 is 11.3 Å². The Morgan fingerprint density at radius 2 is 2.20 bits per heavy atom. The van der Waals surface area contributed by atoms with Crippen LogP contribution in [0.2, 0.25) is 0 Å². The van der Waals surface area contributed by atoms with Crippen LogP contribution in [0.3, 0.4) is 0 Å². The normalized spacial score (nSPS) is 17.6. The minimum atomic E-state index is 0.761. The molecule has 0 unspecified atom stereocenters. The van der Waals surface area contributed by atoms with Gasteiger partial charge in [0.05, 0.1) is 11.6 Å². The molecular weight excluding hydrogens is 246 g/mol. The van der Waals surface area contributed by atoms with Crippen molar-refractivity contribution < 1.29 is 0 Å². The van der Waals surface area contributed by atoms with Crippen molar-refractivity contribution in [3.63, 3.8) is 0 Å². The first-order valence-electron chi connectivity index (χ1n) is 7.08. The monoisotopic (exact) mass is 265 g/mol. The fourth-order valence-electron chi connectivity index (χ4n) is 2.98. The average Bonchev–Trinajstić information content (AvgIpc) is 2.46. The number of allylic oxidation sites excluding steroid dienone is 2. The molecule has 0 saturated heterocycles. The maximum Gasteiger partial charge on any atom is 0.0998 e. The Labute approximate surface area is 120 Å². The first kappa shape index (κ1) is 12.8. The van der Waals surface area contributed by atoms with E-state index in [9.17, 15) is 5.26 Å². The topological polar surface area (TPSA) is 39.1 Å². The zero-order valence-corrected chi connectivity index (χ0v) is 12.0. The Hall–Kier alpha value is -2.21. The highest BCUT2D eigenvalue weighted by Crippen LogP contribution is 2.33. The van der Waals surface area contributed by atoms with E-state index < -0.39 is 0 Å². The molecule has 2 aliphatic heterocycles. The first-order chi connectivity index (χ1) is 9.69. The lowest BCUT2D eigenvalue weighted by atomic mass is 9.91. The molecule has 0 radical (unpaired) electrons. The molecule has 0 atom stereocenters. The SMILES string of the molecule is CC1=CC(c2cc3c(cc2C#N)N(C)CCC3)=CNC1. The summed E-state index contributed by atoms with van der Waals surface area (Å²) >= 11 is 0. The molecule has 2 aliphatic rings. The number of hydrogen-bond acceptors (Lipinski definition) is 3. The van der Waals surface area contributed by atoms with Gasteiger partial charge < -0.3 is 10.2 Å². The minimum Gasteiger partial charge on any atom is -0.387 e. The van der Waals surface area contributed by atoms with E-state index in [1.807, 2.05) is 12.3 Å². The predicted molar refractivity (Wildman–Crippen MR) is 82.5 cm³/mol. The minimum absolute atomic E-state index is 0.761. The third-order valence-corrected chi connectivity index (χ3v) is 4.04. The number of dihydropyridines is 1. The van der Waals surface area contributed by atoms with E-state index in [1.54, 1.807) is 0 Å². The molecule has 0 saturated carbocycles. The number of benzene rings is 1. The standard InChI is InChI=1S/C17H19N3/c1-12-6-15(11-19-10-12)16-7-13-4-3-5-20(2)17(13)8-14(16)9-18/h6-8,11,19H,3-5,10H2,1-2H3. The van der Waals surface area contributed by atoms with Crippen LogP contribution in [-0.2, 0) is 6.42 Å². The van der Waals surface area contributed by atoms with Crippen LogP contribution in [0.15, 0.2) is 30.0 Å². The number of aryl methyl sites for hydroxylation is 1. The van der Waals surface area contributed by atoms with Gasteiger partial charge in [-0.2, -0.15) is 5.26 Å². The lowest BCUT2D eigenvalue weighted by molar-refractivity contribution is 0.744. The Bertz CT molecular complexity index is 647. The molecule has 20 heavy (non-hydrogen) atoms. The van der Waals surface area contributed by atoms with E-state index in [0.717, 1.165) is 36.2 Å². The quantitative estimate of drug-likeness (QED) is 0.848. The molecule has 3 rings (SSSR count). The summed E-state index contributed by atoms with van der Waals surface area (Å²) in [5, 5.41) is 12.7. The number of anilines is 1. The van der Waals surface area contributed by atoms with Crippen LogP contribution in [0.5, 0.6) is 0 Å². The van der Waals surface area contributed by atoms with Crippen LogP contribution in [0.4, 0.5) is 5.69 Å². The number of rotatable bonds is 1. The second kappa shape index (κ2) is 5.05. The maximum absolute atomic E-state index is 9.47. The molecule has 0 spiro atoms. The fraction of sp³-hybridized carbons (Fsp3) is 0.353. The molecule has 0 amide bonds. The summed E-state index contributed by atoms with van der Waals surface area (Å²) in [6.45, 7) is 4.07. The Balaban J connectivity index is 2.12. The van der Waals surface area contributed by atoms with Gasteiger partial charge in [-0.1, -0.05) is 11.6 Å². The lowest BCUT2D eigenvalue weighted by Gasteiger charge is -2.28. The molecule has 0 bridgehead atoms. The van der Waals surface area contributed by atoms with Crippen molar-refractivity contribution in [1.82, 2.24) is 5.32 Å². The summed E-state index contributed by atoms with van der Waals surface area (Å²) < 4.78 is 0. The van der Waals surface area contributed by atoms with Crippen LogP contribution < -0.4 is 10.2 Å². The van der Waals surface area contributed by atoms with Crippen molar-refractivity contribution in [2.75, 3.05) is 25.0 Å². The van der Waals surface area contributed by atoms with Crippen molar-refractivity contribution in [3.8, 4) is 6.07 Å². The second-order valence-electron chi connectivity index (χ2n) is 5.63. The van der Waals surface area contributed by atoms with E-state index in [-0.39, 0.29) is 0 Å². The highest BCUT2D eigenvalue weighted by atomic mass is 15.1. The lowest BCUT2D eigenvalue weighted by Crippen LogP contribution is -2.25. The van der Waals surface area contributed by atoms with Gasteiger partial charge in [0.15, 0.2) is 0 Å². The third-order valence-electron chi connectivity index (χ3n) is 4.04. The van der Waals surface area contributed by atoms with Crippen LogP contribution in [0, 0.1) is 11.3 Å². The van der Waals surface area contributed by atoms with E-state index in [4.69, 9.17) is 0 Å². The molecule has 3 nitrogen and oxygen atoms in total. The number of nitriles is 1. The Kier molecular flexibility index (Phi) is 3.23. The number of hydrogen-bond donors (Lipinski definition) is 1. The van der Waals surface area contributed by atoms with Crippen molar-refractivity contribution in [3.05, 3.63) is 46.7 Å². The van der Waals surface area contributed by atoms with Gasteiger partial charge >= 0.3 is 0 Å². The third kappa shape index (κ3) is 2.18. The Morgan fingerprint density at radius 3 is 2.95 bits per heavy atom. The molecule has 1 aromatic rings. The van der Waals surface area contributed by atoms with Gasteiger partial charge in [-0.3, -0.25) is 0 Å². The van der Waals surface area contributed by atoms with E-state index >= 15 is 0 Å². The van der Waals surface area contributed by atoms with Crippen LogP contribution >= 0.6 is 0 Å². The number of nitrogens with zero attached hydrogens (tertiary/aromatic N) is 2. The summed E-state index contributed by atoms with van der Waals surface area (Å²) in [4.78, 5) is 2.25. The van der Waals surface area contributed by atoms with Gasteiger partial charge in [0.2, 0.25) is 0 Å². The first-order valence-corrected chi connectivity index (χ1v) is 7.08. The summed E-state index contributed by atoms with van der Waals surface area (Å²) in [5.74, 6) is 0. The van der Waals surface area contributed by atoms with Crippen molar-refractivity contribution in [1.29, 1.82) is 5.26 Å². The number of fused-ring (bicyclic) bond motifs is 1. The highest BCUT2D eigenvalue weighted by Gasteiger charge is 2.18. The largest absolute Gasteiger partial charge is 0.387 e. The molecule has 3 heteroatoms. The smallest absolute Gasteiger partial charge is 0.0998 e. The van der Waals surface area contributed by atoms with Gasteiger partial charge in [-0.15, -0.1) is 0 Å². The zero-order valence-electron chi connectivity index (χ0n) is 12.0. The maximum atomic E-state index is 9.47. The predicted octanol–water partition coefficient (Wildman–Crippen LogP) is 2.83. The summed E-state index contributed by atoms with van der Waals surface area (Å²) in [7, 11) is 2.10. The summed E-state index contributed by atoms with van der Waals surface area (Å²) in [5.41, 5.74) is 6.78. The Morgan fingerprint density at radius 1 is 1.35 bits per heavy atom. The van der Waals surface area contributed by atoms with Gasteiger partial charge in [0, 0.05) is 37.6 Å². The molecule has 0 fully saturated rings. The second-order valence-corrected chi connectivity index (χ2v) is 5.63. The van der Waals surface area contributed by atoms with Crippen LogP contribution in [0.25, 0.3) is 5.57 Å². The van der Waals surface area contributed by atoms with Gasteiger partial charge in [-0.25, -0.2) is 0 Å².